The molecular formula is C19H22N2O3. The van der Waals surface area contributed by atoms with Crippen LogP contribution in [0.15, 0.2) is 47.6 Å². The Labute approximate surface area is 142 Å². The predicted molar refractivity (Wildman–Crippen MR) is 94.8 cm³/mol. The lowest BCUT2D eigenvalue weighted by Crippen LogP contribution is -2.25. The highest BCUT2D eigenvalue weighted by Gasteiger charge is 2.05. The summed E-state index contributed by atoms with van der Waals surface area (Å²) in [5, 5.41) is 4.09. The third-order valence-electron chi connectivity index (χ3n) is 3.55. The summed E-state index contributed by atoms with van der Waals surface area (Å²) in [4.78, 5) is 11.9. The number of carbonyl (C=O) groups excluding carboxylic acids is 1. The summed E-state index contributed by atoms with van der Waals surface area (Å²) in [7, 11) is 1.62. The number of hydrogen-bond acceptors (Lipinski definition) is 4. The second-order valence-electron chi connectivity index (χ2n) is 5.52. The van der Waals surface area contributed by atoms with E-state index >= 15 is 0 Å². The molecule has 0 saturated heterocycles. The Morgan fingerprint density at radius 1 is 1.12 bits per heavy atom. The van der Waals surface area contributed by atoms with E-state index in [9.17, 15) is 4.79 Å². The van der Waals surface area contributed by atoms with Crippen molar-refractivity contribution in [3.05, 3.63) is 59.2 Å². The minimum Gasteiger partial charge on any atom is -0.497 e. The minimum absolute atomic E-state index is 0.0801. The third-order valence-corrected chi connectivity index (χ3v) is 3.55. The smallest absolute Gasteiger partial charge is 0.277 e. The first-order chi connectivity index (χ1) is 11.5. The summed E-state index contributed by atoms with van der Waals surface area (Å²) in [6.45, 7) is 5.71. The van der Waals surface area contributed by atoms with Crippen LogP contribution in [0.25, 0.3) is 0 Å². The molecule has 5 nitrogen and oxygen atoms in total. The van der Waals surface area contributed by atoms with E-state index < -0.39 is 0 Å². The van der Waals surface area contributed by atoms with Gasteiger partial charge in [-0.15, -0.1) is 0 Å². The van der Waals surface area contributed by atoms with Gasteiger partial charge in [0.2, 0.25) is 0 Å². The number of rotatable bonds is 6. The van der Waals surface area contributed by atoms with Gasteiger partial charge in [0.1, 0.15) is 11.5 Å². The fourth-order valence-corrected chi connectivity index (χ4v) is 2.18. The molecule has 0 aliphatic rings. The molecule has 126 valence electrons. The average molecular weight is 326 g/mol. The quantitative estimate of drug-likeness (QED) is 0.655. The van der Waals surface area contributed by atoms with E-state index in [4.69, 9.17) is 9.47 Å². The molecule has 0 aromatic heterocycles. The van der Waals surface area contributed by atoms with Gasteiger partial charge in [-0.1, -0.05) is 17.7 Å². The molecule has 0 saturated carbocycles. The van der Waals surface area contributed by atoms with E-state index in [2.05, 4.69) is 10.5 Å². The molecule has 0 heterocycles. The van der Waals surface area contributed by atoms with Crippen molar-refractivity contribution in [1.82, 2.24) is 5.43 Å². The summed E-state index contributed by atoms with van der Waals surface area (Å²) in [5.74, 6) is 1.17. The monoisotopic (exact) mass is 326 g/mol. The highest BCUT2D eigenvalue weighted by atomic mass is 16.5. The Balaban J connectivity index is 1.89. The van der Waals surface area contributed by atoms with E-state index in [1.54, 1.807) is 7.11 Å². The molecule has 0 spiro atoms. The normalized spacial score (nSPS) is 11.1. The van der Waals surface area contributed by atoms with Crippen LogP contribution in [0.1, 0.15) is 23.6 Å². The topological polar surface area (TPSA) is 59.9 Å². The van der Waals surface area contributed by atoms with Crippen LogP contribution in [0, 0.1) is 13.8 Å². The van der Waals surface area contributed by atoms with Crippen molar-refractivity contribution in [1.29, 1.82) is 0 Å². The number of hydrogen-bond donors (Lipinski definition) is 1. The summed E-state index contributed by atoms with van der Waals surface area (Å²) in [6, 6.07) is 13.3. The molecule has 0 aliphatic heterocycles. The number of methoxy groups -OCH3 is 1. The number of hydrazone groups is 1. The fraction of sp³-hybridized carbons (Fsp3) is 0.263. The van der Waals surface area contributed by atoms with Gasteiger partial charge in [0.15, 0.2) is 6.61 Å². The van der Waals surface area contributed by atoms with Crippen molar-refractivity contribution in [3.8, 4) is 11.5 Å². The molecule has 2 aromatic carbocycles. The largest absolute Gasteiger partial charge is 0.497 e. The Hall–Kier alpha value is -2.82. The van der Waals surface area contributed by atoms with Crippen molar-refractivity contribution >= 4 is 11.6 Å². The van der Waals surface area contributed by atoms with Crippen LogP contribution in [0.4, 0.5) is 0 Å². The lowest BCUT2D eigenvalue weighted by atomic mass is 10.1. The molecular weight excluding hydrogens is 304 g/mol. The lowest BCUT2D eigenvalue weighted by Gasteiger charge is -2.09. The van der Waals surface area contributed by atoms with Crippen LogP contribution in [0.5, 0.6) is 11.5 Å². The molecule has 0 unspecified atom stereocenters. The molecule has 2 aromatic rings. The number of nitrogens with one attached hydrogen (secondary N) is 1. The zero-order valence-electron chi connectivity index (χ0n) is 14.4. The maximum Gasteiger partial charge on any atom is 0.277 e. The molecule has 5 heteroatoms. The van der Waals surface area contributed by atoms with Crippen molar-refractivity contribution in [3.63, 3.8) is 0 Å². The van der Waals surface area contributed by atoms with E-state index in [-0.39, 0.29) is 12.5 Å². The van der Waals surface area contributed by atoms with Gasteiger partial charge in [0, 0.05) is 0 Å². The standard InChI is InChI=1S/C19H22N2O3/c1-13-5-10-18(14(2)11-13)24-12-19(22)21-20-15(3)16-6-8-17(23-4)9-7-16/h5-11H,12H2,1-4H3,(H,21,22)/b20-15+. The van der Waals surface area contributed by atoms with Gasteiger partial charge in [-0.3, -0.25) is 4.79 Å². The Bertz CT molecular complexity index is 737. The van der Waals surface area contributed by atoms with E-state index in [1.165, 1.54) is 0 Å². The Morgan fingerprint density at radius 3 is 2.46 bits per heavy atom. The van der Waals surface area contributed by atoms with Gasteiger partial charge < -0.3 is 9.47 Å². The van der Waals surface area contributed by atoms with Crippen LogP contribution >= 0.6 is 0 Å². The van der Waals surface area contributed by atoms with Crippen LogP contribution in [0.3, 0.4) is 0 Å². The number of aryl methyl sites for hydroxylation is 2. The van der Waals surface area contributed by atoms with Crippen LogP contribution in [-0.2, 0) is 4.79 Å². The van der Waals surface area contributed by atoms with Crippen molar-refractivity contribution in [2.45, 2.75) is 20.8 Å². The number of ether oxygens (including phenoxy) is 2. The predicted octanol–water partition coefficient (Wildman–Crippen LogP) is 3.23. The molecule has 0 atom stereocenters. The second-order valence-corrected chi connectivity index (χ2v) is 5.52. The van der Waals surface area contributed by atoms with Crippen molar-refractivity contribution in [2.24, 2.45) is 5.10 Å². The van der Waals surface area contributed by atoms with Crippen molar-refractivity contribution in [2.75, 3.05) is 13.7 Å². The number of carbonyl (C=O) groups is 1. The van der Waals surface area contributed by atoms with E-state index in [1.807, 2.05) is 63.2 Å². The molecule has 0 bridgehead atoms. The van der Waals surface area contributed by atoms with E-state index in [0.29, 0.717) is 11.5 Å². The lowest BCUT2D eigenvalue weighted by molar-refractivity contribution is -0.123. The highest BCUT2D eigenvalue weighted by Crippen LogP contribution is 2.18. The van der Waals surface area contributed by atoms with Gasteiger partial charge >= 0.3 is 0 Å². The summed E-state index contributed by atoms with van der Waals surface area (Å²) in [6.07, 6.45) is 0. The molecule has 24 heavy (non-hydrogen) atoms. The third kappa shape index (κ3) is 4.84. The maximum absolute atomic E-state index is 11.9. The molecule has 0 radical (unpaired) electrons. The fourth-order valence-electron chi connectivity index (χ4n) is 2.18. The second kappa shape index (κ2) is 8.15. The Morgan fingerprint density at radius 2 is 1.83 bits per heavy atom. The molecule has 1 N–H and O–H groups in total. The van der Waals surface area contributed by atoms with Crippen LogP contribution in [-0.4, -0.2) is 25.3 Å². The van der Waals surface area contributed by atoms with Crippen LogP contribution in [0.2, 0.25) is 0 Å². The molecule has 1 amide bonds. The van der Waals surface area contributed by atoms with Gasteiger partial charge in [-0.2, -0.15) is 5.10 Å². The summed E-state index contributed by atoms with van der Waals surface area (Å²) >= 11 is 0. The van der Waals surface area contributed by atoms with Gasteiger partial charge in [0.05, 0.1) is 12.8 Å². The van der Waals surface area contributed by atoms with E-state index in [0.717, 1.165) is 22.4 Å². The number of nitrogens with zero attached hydrogens (tertiary/aromatic N) is 1. The number of amides is 1. The van der Waals surface area contributed by atoms with Gasteiger partial charge in [-0.25, -0.2) is 5.43 Å². The Kier molecular flexibility index (Phi) is 5.95. The van der Waals surface area contributed by atoms with Crippen molar-refractivity contribution < 1.29 is 14.3 Å². The zero-order chi connectivity index (χ0) is 17.5. The number of benzene rings is 2. The minimum atomic E-state index is -0.303. The molecule has 2 rings (SSSR count). The molecule has 0 fully saturated rings. The van der Waals surface area contributed by atoms with Crippen LogP contribution < -0.4 is 14.9 Å². The summed E-state index contributed by atoms with van der Waals surface area (Å²) < 4.78 is 10.6. The maximum atomic E-state index is 11.9. The first-order valence-electron chi connectivity index (χ1n) is 7.67. The first kappa shape index (κ1) is 17.5. The zero-order valence-corrected chi connectivity index (χ0v) is 14.4. The van der Waals surface area contributed by atoms with Gasteiger partial charge in [-0.05, 0) is 62.2 Å². The SMILES string of the molecule is COc1ccc(/C(C)=N/NC(=O)COc2ccc(C)cc2C)cc1. The van der Waals surface area contributed by atoms with Gasteiger partial charge in [0.25, 0.3) is 5.91 Å². The average Bonchev–Trinajstić information content (AvgIpc) is 2.59. The molecule has 0 aliphatic carbocycles. The first-order valence-corrected chi connectivity index (χ1v) is 7.67. The summed E-state index contributed by atoms with van der Waals surface area (Å²) in [5.41, 5.74) is 6.28. The highest BCUT2D eigenvalue weighted by molar-refractivity contribution is 5.99.